The Hall–Kier alpha value is -6.28. The van der Waals surface area contributed by atoms with Crippen molar-refractivity contribution in [1.82, 2.24) is 31.1 Å². The summed E-state index contributed by atoms with van der Waals surface area (Å²) in [5, 5.41) is 42.6. The van der Waals surface area contributed by atoms with Crippen molar-refractivity contribution in [3.05, 3.63) is 89.9 Å². The molecule has 12 amide bonds. The van der Waals surface area contributed by atoms with E-state index in [0.717, 1.165) is 15.4 Å². The first-order valence-electron chi connectivity index (χ1n) is 27.9. The van der Waals surface area contributed by atoms with Crippen LogP contribution in [0.5, 0.6) is 0 Å². The summed E-state index contributed by atoms with van der Waals surface area (Å²) in [5.41, 5.74) is 13.2. The molecule has 0 aromatic heterocycles. The number of aliphatic carboxylic acids is 1. The number of rotatable bonds is 34. The van der Waals surface area contributed by atoms with Crippen LogP contribution in [0.15, 0.2) is 59.7 Å². The summed E-state index contributed by atoms with van der Waals surface area (Å²) in [6.45, 7) is 15.3. The number of carboxylic acids is 1. The molecule has 0 saturated carbocycles. The maximum atomic E-state index is 13.2. The minimum atomic E-state index is -0.964. The number of nitrogens with two attached hydrogens (primary N) is 2. The topological polar surface area (TPSA) is 405 Å². The minimum Gasteiger partial charge on any atom is -0.481 e. The van der Waals surface area contributed by atoms with Crippen LogP contribution >= 0.6 is 0 Å². The molecule has 4 rings (SSSR count). The largest absolute Gasteiger partial charge is 0.481 e. The fourth-order valence-electron chi connectivity index (χ4n) is 8.05. The number of Topliss-reactive ketones (excluding diaryl/α,β-unsaturated/α-hetero) is 1. The van der Waals surface area contributed by atoms with Gasteiger partial charge in [-0.2, -0.15) is 23.3 Å². The van der Waals surface area contributed by atoms with Crippen molar-refractivity contribution in [3.63, 3.8) is 0 Å². The smallest absolute Gasteiger partial charge is 0.312 e. The third kappa shape index (κ3) is 31.5. The van der Waals surface area contributed by atoms with E-state index < -0.39 is 59.7 Å². The zero-order chi connectivity index (χ0) is 63.8. The van der Waals surface area contributed by atoms with E-state index in [4.69, 9.17) is 26.4 Å². The molecule has 2 aliphatic heterocycles. The summed E-state index contributed by atoms with van der Waals surface area (Å²) in [5.74, 6) is -5.29. The first kappa shape index (κ1) is 80.7. The molecule has 87 heavy (non-hydrogen) atoms. The summed E-state index contributed by atoms with van der Waals surface area (Å²) in [6, 6.07) is 10.2. The van der Waals surface area contributed by atoms with Gasteiger partial charge >= 0.3 is 18.0 Å². The number of carbonyl (C=O) groups excluding carboxylic acids is 11. The maximum Gasteiger partial charge on any atom is 0.312 e. The first-order chi connectivity index (χ1) is 40.2. The Bertz CT molecular complexity index is 2690. The molecule has 26 nitrogen and oxygen atoms in total. The molecule has 0 aliphatic carbocycles. The molecule has 2 aromatic rings. The number of carbonyl (C=O) groups is 12. The van der Waals surface area contributed by atoms with Crippen molar-refractivity contribution in [3.8, 4) is 0 Å². The van der Waals surface area contributed by atoms with Gasteiger partial charge in [0.25, 0.3) is 0 Å². The number of benzene rings is 2. The molecule has 2 aliphatic rings. The Labute approximate surface area is 558 Å². The number of nitrogens with zero attached hydrogens (tertiary/aromatic N) is 2. The van der Waals surface area contributed by atoms with Crippen molar-refractivity contribution in [2.45, 2.75) is 131 Å². The monoisotopic (exact) mass is 1370 g/mol. The Morgan fingerprint density at radius 3 is 1.53 bits per heavy atom. The average molecular weight is 1370 g/mol. The molecule has 2 aromatic carbocycles. The van der Waals surface area contributed by atoms with E-state index in [2.05, 4.69) is 51.0 Å². The van der Waals surface area contributed by atoms with Gasteiger partial charge in [-0.15, -0.1) is 0 Å². The molecular weight excluding hydrogens is 1280 g/mol. The number of unbranched alkanes of at least 4 members (excludes halogenated alkanes) is 2. The number of amides is 12. The Morgan fingerprint density at radius 2 is 1.09 bits per heavy atom. The van der Waals surface area contributed by atoms with E-state index in [1.54, 1.807) is 69.3 Å². The van der Waals surface area contributed by atoms with E-state index in [1.807, 2.05) is 13.8 Å². The molecule has 0 fully saturated rings. The fraction of sp³-hybridized carbons (Fsp3) is 0.508. The van der Waals surface area contributed by atoms with Crippen molar-refractivity contribution in [2.75, 3.05) is 50.0 Å². The number of ketones is 1. The van der Waals surface area contributed by atoms with Crippen molar-refractivity contribution in [2.24, 2.45) is 35.1 Å². The Kier molecular flexibility index (Phi) is 40.2. The number of hydrogen-bond donors (Lipinski definition) is 11. The van der Waals surface area contributed by atoms with Crippen molar-refractivity contribution < 1.29 is 143 Å². The number of urea groups is 2. The quantitative estimate of drug-likeness (QED) is 0.0273. The second kappa shape index (κ2) is 43.4. The van der Waals surface area contributed by atoms with E-state index >= 15 is 0 Å². The van der Waals surface area contributed by atoms with Crippen LogP contribution in [0.25, 0.3) is 0 Å². The van der Waals surface area contributed by atoms with Gasteiger partial charge in [0, 0.05) is 128 Å². The second-order valence-electron chi connectivity index (χ2n) is 20.7. The van der Waals surface area contributed by atoms with Crippen LogP contribution in [0.2, 0.25) is 0 Å². The molecule has 2 radical (unpaired) electrons. The second-order valence-corrected chi connectivity index (χ2v) is 20.7. The van der Waals surface area contributed by atoms with Gasteiger partial charge in [-0.1, -0.05) is 72.2 Å². The van der Waals surface area contributed by atoms with Crippen LogP contribution in [0.3, 0.4) is 0 Å². The average Bonchev–Trinajstić information content (AvgIpc) is 4.06. The Morgan fingerprint density at radius 1 is 0.609 bits per heavy atom. The number of carboxylic acid groups (broad SMARTS) is 1. The van der Waals surface area contributed by atoms with Gasteiger partial charge < -0.3 is 82.8 Å². The molecule has 0 bridgehead atoms. The summed E-state index contributed by atoms with van der Waals surface area (Å²) in [7, 11) is 0. The Balaban J connectivity index is 0.00000140. The first-order valence-corrected chi connectivity index (χ1v) is 27.9. The number of anilines is 2. The summed E-state index contributed by atoms with van der Waals surface area (Å²) < 4.78 is 4.97. The summed E-state index contributed by atoms with van der Waals surface area (Å²) in [6.07, 6.45) is 8.16. The van der Waals surface area contributed by atoms with E-state index in [0.29, 0.717) is 62.0 Å². The number of primary amides is 2. The maximum absolute atomic E-state index is 13.2. The van der Waals surface area contributed by atoms with Gasteiger partial charge in [0.2, 0.25) is 23.6 Å². The molecule has 472 valence electrons. The van der Waals surface area contributed by atoms with Gasteiger partial charge in [0.15, 0.2) is 11.7 Å². The van der Waals surface area contributed by atoms with Crippen LogP contribution in [0, 0.1) is 42.7 Å². The zero-order valence-corrected chi connectivity index (χ0v) is 56.0. The van der Waals surface area contributed by atoms with Gasteiger partial charge in [0.05, 0.1) is 51.6 Å². The van der Waals surface area contributed by atoms with E-state index in [-0.39, 0.29) is 195 Å². The molecule has 4 atom stereocenters. The predicted octanol–water partition coefficient (Wildman–Crippen LogP) is 2.71. The molecule has 2 heterocycles. The van der Waals surface area contributed by atoms with Gasteiger partial charge in [-0.25, -0.2) is 9.59 Å². The third-order valence-electron chi connectivity index (χ3n) is 13.2. The van der Waals surface area contributed by atoms with Gasteiger partial charge in [-0.3, -0.25) is 38.4 Å². The molecular formula is C59H83N10O16Y2-. The van der Waals surface area contributed by atoms with Crippen LogP contribution < -0.4 is 43.4 Å². The number of aliphatic hydroxyl groups is 2. The van der Waals surface area contributed by atoms with Crippen LogP contribution in [-0.2, 0) is 131 Å². The van der Waals surface area contributed by atoms with Crippen LogP contribution in [0.1, 0.15) is 117 Å². The van der Waals surface area contributed by atoms with E-state index in [9.17, 15) is 62.6 Å². The third-order valence-corrected chi connectivity index (χ3v) is 13.2. The van der Waals surface area contributed by atoms with Crippen LogP contribution in [0.4, 0.5) is 21.0 Å². The molecule has 0 unspecified atom stereocenters. The molecule has 0 saturated heterocycles. The van der Waals surface area contributed by atoms with Gasteiger partial charge in [0.1, 0.15) is 23.9 Å². The number of ether oxygens (including phenoxy) is 1. The van der Waals surface area contributed by atoms with Crippen molar-refractivity contribution in [1.29, 1.82) is 0 Å². The zero-order valence-electron chi connectivity index (χ0n) is 50.4. The summed E-state index contributed by atoms with van der Waals surface area (Å²) >= 11 is 0. The number of hydrogen-bond acceptors (Lipinski definition) is 15. The predicted molar refractivity (Wildman–Crippen MR) is 311 cm³/mol. The summed E-state index contributed by atoms with van der Waals surface area (Å²) in [4.78, 5) is 144. The van der Waals surface area contributed by atoms with Crippen LogP contribution in [-0.4, -0.2) is 148 Å². The molecule has 0 spiro atoms. The van der Waals surface area contributed by atoms with E-state index in [1.165, 1.54) is 6.92 Å². The number of imide groups is 2. The van der Waals surface area contributed by atoms with Crippen molar-refractivity contribution >= 4 is 82.4 Å². The number of aliphatic hydroxyl groups excluding tert-OH is 2. The van der Waals surface area contributed by atoms with Gasteiger partial charge in [-0.05, 0) is 79.8 Å². The SMILES string of the molecule is CC1=[C-]C(=O)N(CCCCCC(=O)N[C@H](C(=O)N[C@@H](CCCNC(N)=O)C(=O)Nc2ccc(CO)cc2)C(C)C)C1=O.CC1=[C-]C(=O)N(CCOCCC(=O)O)C1=O.[CH2+][C@H](C(=O)C[C@@H](CCCNC(N)=O)C(=O)Nc1ccc(CO)cc1)C(C)C.[Y].[Y]. The standard InChI is InChI=1S/C29H41N6O7.C20H29N3O4.C10H12NO5.2Y/c1-18(2)25(34-23(37)9-5-4-6-15-35-24(38)16-19(3)28(35)41)27(40)33-22(8-7-14-31-29(30)42)26(39)32-21-12-10-20(17-36)11-13-21;1-13(2)14(3)18(25)11-16(5-4-10-22-20(21)27)19(26)23-17-8-6-15(12-24)7-9-17;1-7-6-8(12)11(10(7)15)3-5-16-4-2-9(13)14;;/h10-13,18,22,25,36H,4-9,14-15,17H2,1-3H3,(H,32,39)(H,33,40)(H,34,37)(H3,30,31,42);6-9,13-14,16,24H,3-5,10-12H2,1-2H3,(H3-,21,22,23,26,27);2-5H2,1H3,(H,13,14);;/q-1;;-1;;/p+1/t22-,25-;14-,16+;;;/m00.../s1. The number of nitrogens with one attached hydrogen (secondary N) is 6. The fourth-order valence-corrected chi connectivity index (χ4v) is 8.05. The minimum absolute atomic E-state index is 0. The molecule has 13 N–H and O–H groups in total. The molecule has 28 heteroatoms. The normalized spacial score (nSPS) is 13.8.